The number of halogens is 1. The lowest BCUT2D eigenvalue weighted by Gasteiger charge is -2.04. The second kappa shape index (κ2) is 5.81. The fourth-order valence-corrected chi connectivity index (χ4v) is 2.44. The number of nitro benzene ring substituents is 1. The van der Waals surface area contributed by atoms with E-state index >= 15 is 0 Å². The summed E-state index contributed by atoms with van der Waals surface area (Å²) in [5, 5.41) is 11.0. The monoisotopic (exact) mass is 376 g/mol. The first kappa shape index (κ1) is 15.2. The molecule has 1 aliphatic rings. The number of hydrogen-bond donors (Lipinski definition) is 0. The molecule has 3 rings (SSSR count). The second-order valence-corrected chi connectivity index (χ2v) is 5.47. The molecule has 0 amide bonds. The Kier molecular flexibility index (Phi) is 3.83. The van der Waals surface area contributed by atoms with Crippen LogP contribution < -0.4 is 0 Å². The molecular formula is C15H9BrN2O5. The van der Waals surface area contributed by atoms with Crippen molar-refractivity contribution in [3.8, 4) is 0 Å². The maximum Gasteiger partial charge on any atom is 0.363 e. The molecule has 1 aliphatic heterocycles. The van der Waals surface area contributed by atoms with Gasteiger partial charge >= 0.3 is 5.97 Å². The molecule has 1 aromatic carbocycles. The van der Waals surface area contributed by atoms with E-state index in [2.05, 4.69) is 20.9 Å². The number of esters is 1. The summed E-state index contributed by atoms with van der Waals surface area (Å²) < 4.78 is 10.9. The van der Waals surface area contributed by atoms with E-state index in [-0.39, 0.29) is 17.3 Å². The third-order valence-electron chi connectivity index (χ3n) is 3.23. The lowest BCUT2D eigenvalue weighted by Crippen LogP contribution is -2.08. The van der Waals surface area contributed by atoms with E-state index in [1.165, 1.54) is 18.2 Å². The number of benzene rings is 1. The predicted octanol–water partition coefficient (Wildman–Crippen LogP) is 3.60. The number of cyclic esters (lactones) is 1. The van der Waals surface area contributed by atoms with E-state index in [0.717, 1.165) is 0 Å². The van der Waals surface area contributed by atoms with Gasteiger partial charge < -0.3 is 9.15 Å². The summed E-state index contributed by atoms with van der Waals surface area (Å²) in [4.78, 5) is 26.5. The number of nitrogens with zero attached hydrogens (tertiary/aromatic N) is 2. The van der Waals surface area contributed by atoms with Gasteiger partial charge in [-0.3, -0.25) is 10.1 Å². The Hall–Kier alpha value is -2.74. The first-order valence-corrected chi connectivity index (χ1v) is 7.27. The van der Waals surface area contributed by atoms with Crippen molar-refractivity contribution in [1.29, 1.82) is 0 Å². The Morgan fingerprint density at radius 1 is 1.30 bits per heavy atom. The highest BCUT2D eigenvalue weighted by Gasteiger charge is 2.27. The molecule has 0 unspecified atom stereocenters. The summed E-state index contributed by atoms with van der Waals surface area (Å²) >= 11 is 3.16. The van der Waals surface area contributed by atoms with Gasteiger partial charge in [-0.25, -0.2) is 9.79 Å². The van der Waals surface area contributed by atoms with E-state index in [0.29, 0.717) is 21.6 Å². The molecular weight excluding hydrogens is 368 g/mol. The summed E-state index contributed by atoms with van der Waals surface area (Å²) in [6.07, 6.45) is 1.44. The average Bonchev–Trinajstić information content (AvgIpc) is 3.06. The smallest absolute Gasteiger partial charge is 0.363 e. The lowest BCUT2D eigenvalue weighted by atomic mass is 10.1. The van der Waals surface area contributed by atoms with E-state index in [4.69, 9.17) is 9.15 Å². The molecule has 0 saturated carbocycles. The topological polar surface area (TPSA) is 94.9 Å². The summed E-state index contributed by atoms with van der Waals surface area (Å²) in [5.41, 5.74) is 0.781. The van der Waals surface area contributed by atoms with Gasteiger partial charge in [0.05, 0.1) is 4.92 Å². The first-order valence-electron chi connectivity index (χ1n) is 6.48. The van der Waals surface area contributed by atoms with Crippen LogP contribution in [-0.4, -0.2) is 16.8 Å². The van der Waals surface area contributed by atoms with E-state index in [9.17, 15) is 14.9 Å². The SMILES string of the molecule is Cc1c(C2=N/C(=C\c3ccc(Br)o3)C(=O)O2)cccc1[N+](=O)[O-]. The number of rotatable bonds is 3. The molecule has 23 heavy (non-hydrogen) atoms. The van der Waals surface area contributed by atoms with E-state index < -0.39 is 10.9 Å². The average molecular weight is 377 g/mol. The minimum absolute atomic E-state index is 0.0353. The van der Waals surface area contributed by atoms with Crippen LogP contribution >= 0.6 is 15.9 Å². The van der Waals surface area contributed by atoms with Gasteiger partial charge in [-0.15, -0.1) is 0 Å². The molecule has 116 valence electrons. The number of carbonyl (C=O) groups excluding carboxylic acids is 1. The van der Waals surface area contributed by atoms with Gasteiger partial charge in [-0.1, -0.05) is 6.07 Å². The molecule has 0 spiro atoms. The fourth-order valence-electron chi connectivity index (χ4n) is 2.12. The summed E-state index contributed by atoms with van der Waals surface area (Å²) in [5.74, 6) is -0.170. The van der Waals surface area contributed by atoms with Crippen molar-refractivity contribution in [2.75, 3.05) is 0 Å². The largest absolute Gasteiger partial charge is 0.450 e. The standard InChI is InChI=1S/C15H9BrN2O5/c1-8-10(3-2-4-12(8)18(20)21)14-17-11(15(19)23-14)7-9-5-6-13(16)22-9/h2-7H,1H3/b11-7-. The number of furan rings is 1. The van der Waals surface area contributed by atoms with Crippen molar-refractivity contribution in [3.05, 3.63) is 67.7 Å². The zero-order chi connectivity index (χ0) is 16.6. The van der Waals surface area contributed by atoms with Gasteiger partial charge in [0.25, 0.3) is 5.69 Å². The molecule has 0 bridgehead atoms. The minimum atomic E-state index is -0.640. The Bertz CT molecular complexity index is 882. The maximum absolute atomic E-state index is 11.9. The summed E-state index contributed by atoms with van der Waals surface area (Å²) in [6.45, 7) is 1.58. The highest BCUT2D eigenvalue weighted by atomic mass is 79.9. The van der Waals surface area contributed by atoms with Gasteiger partial charge in [-0.05, 0) is 41.1 Å². The third-order valence-corrected chi connectivity index (χ3v) is 3.65. The molecule has 1 aromatic heterocycles. The Labute approximate surface area is 138 Å². The zero-order valence-corrected chi connectivity index (χ0v) is 13.4. The number of carbonyl (C=O) groups is 1. The number of nitro groups is 1. The normalized spacial score (nSPS) is 15.7. The molecule has 0 aliphatic carbocycles. The number of ether oxygens (including phenoxy) is 1. The van der Waals surface area contributed by atoms with Crippen molar-refractivity contribution in [2.45, 2.75) is 6.92 Å². The number of hydrogen-bond acceptors (Lipinski definition) is 6. The van der Waals surface area contributed by atoms with Crippen LogP contribution in [0.1, 0.15) is 16.9 Å². The molecule has 0 saturated heterocycles. The predicted molar refractivity (Wildman–Crippen MR) is 84.8 cm³/mol. The third kappa shape index (κ3) is 2.93. The van der Waals surface area contributed by atoms with Crippen molar-refractivity contribution in [1.82, 2.24) is 0 Å². The van der Waals surface area contributed by atoms with Crippen molar-refractivity contribution in [2.24, 2.45) is 4.99 Å². The van der Waals surface area contributed by atoms with Crippen LogP contribution in [0.4, 0.5) is 5.69 Å². The highest BCUT2D eigenvalue weighted by molar-refractivity contribution is 9.10. The van der Waals surface area contributed by atoms with Gasteiger partial charge in [0.15, 0.2) is 10.4 Å². The Morgan fingerprint density at radius 3 is 2.74 bits per heavy atom. The van der Waals surface area contributed by atoms with Crippen molar-refractivity contribution >= 4 is 39.6 Å². The van der Waals surface area contributed by atoms with Gasteiger partial charge in [-0.2, -0.15) is 0 Å². The van der Waals surface area contributed by atoms with E-state index in [1.807, 2.05) is 0 Å². The van der Waals surface area contributed by atoms with Crippen LogP contribution in [0.15, 0.2) is 50.1 Å². The molecule has 7 nitrogen and oxygen atoms in total. The Balaban J connectivity index is 2.01. The van der Waals surface area contributed by atoms with Crippen LogP contribution in [0.25, 0.3) is 6.08 Å². The van der Waals surface area contributed by atoms with Gasteiger partial charge in [0.2, 0.25) is 5.90 Å². The van der Waals surface area contributed by atoms with Crippen LogP contribution in [0, 0.1) is 17.0 Å². The summed E-state index contributed by atoms with van der Waals surface area (Å²) in [7, 11) is 0. The summed E-state index contributed by atoms with van der Waals surface area (Å²) in [6, 6.07) is 7.86. The van der Waals surface area contributed by atoms with Crippen LogP contribution in [0.3, 0.4) is 0 Å². The van der Waals surface area contributed by atoms with Crippen molar-refractivity contribution in [3.63, 3.8) is 0 Å². The lowest BCUT2D eigenvalue weighted by molar-refractivity contribution is -0.385. The van der Waals surface area contributed by atoms with Crippen LogP contribution in [0.5, 0.6) is 0 Å². The molecule has 8 heteroatoms. The van der Waals surface area contributed by atoms with Crippen LogP contribution in [-0.2, 0) is 9.53 Å². The number of aliphatic imine (C=N–C) groups is 1. The first-order chi connectivity index (χ1) is 11.0. The molecule has 0 N–H and O–H groups in total. The fraction of sp³-hybridized carbons (Fsp3) is 0.0667. The quantitative estimate of drug-likeness (QED) is 0.353. The Morgan fingerprint density at radius 2 is 2.09 bits per heavy atom. The van der Waals surface area contributed by atoms with Crippen molar-refractivity contribution < 1.29 is 18.9 Å². The second-order valence-electron chi connectivity index (χ2n) is 4.68. The molecule has 0 fully saturated rings. The van der Waals surface area contributed by atoms with Gasteiger partial charge in [0.1, 0.15) is 5.76 Å². The molecule has 0 radical (unpaired) electrons. The van der Waals surface area contributed by atoms with E-state index in [1.54, 1.807) is 25.1 Å². The molecule has 2 aromatic rings. The van der Waals surface area contributed by atoms with Gasteiger partial charge in [0, 0.05) is 23.3 Å². The molecule has 0 atom stereocenters. The zero-order valence-electron chi connectivity index (χ0n) is 11.8. The molecule has 2 heterocycles. The minimum Gasteiger partial charge on any atom is -0.450 e. The maximum atomic E-state index is 11.9. The highest BCUT2D eigenvalue weighted by Crippen LogP contribution is 2.26. The van der Waals surface area contributed by atoms with Crippen LogP contribution in [0.2, 0.25) is 0 Å².